The Bertz CT molecular complexity index is 1430. The van der Waals surface area contributed by atoms with Crippen molar-refractivity contribution in [3.63, 3.8) is 0 Å². The average molecular weight is 393 g/mol. The van der Waals surface area contributed by atoms with Crippen LogP contribution in [0.4, 0.5) is 0 Å². The SMILES string of the molecule is [2H]C([2H])(c1ccnc(-c2ccc3c4ccccc4n(-c4ccccc4)c3c2)c1)C(C)(C)C. The van der Waals surface area contributed by atoms with Crippen molar-refractivity contribution in [3.8, 4) is 16.9 Å². The molecule has 0 aliphatic heterocycles. The number of pyridine rings is 1. The fourth-order valence-corrected chi connectivity index (χ4v) is 4.08. The zero-order valence-electron chi connectivity index (χ0n) is 19.6. The van der Waals surface area contributed by atoms with Gasteiger partial charge in [0, 0.05) is 31.0 Å². The Kier molecular flexibility index (Phi) is 3.91. The van der Waals surface area contributed by atoms with E-state index in [9.17, 15) is 0 Å². The highest BCUT2D eigenvalue weighted by Crippen LogP contribution is 2.34. The molecule has 3 aromatic carbocycles. The van der Waals surface area contributed by atoms with Gasteiger partial charge in [-0.05, 0) is 53.7 Å². The molecule has 148 valence electrons. The van der Waals surface area contributed by atoms with Gasteiger partial charge in [-0.1, -0.05) is 69.3 Å². The van der Waals surface area contributed by atoms with Crippen LogP contribution in [0.3, 0.4) is 0 Å². The van der Waals surface area contributed by atoms with E-state index in [1.165, 1.54) is 10.8 Å². The maximum atomic E-state index is 8.66. The maximum Gasteiger partial charge on any atom is 0.0705 e. The quantitative estimate of drug-likeness (QED) is 0.312. The second-order valence-corrected chi connectivity index (χ2v) is 8.72. The average Bonchev–Trinajstić information content (AvgIpc) is 3.12. The molecule has 0 bridgehead atoms. The molecular weight excluding hydrogens is 364 g/mol. The van der Waals surface area contributed by atoms with Crippen LogP contribution in [-0.4, -0.2) is 9.55 Å². The van der Waals surface area contributed by atoms with Crippen LogP contribution in [0.25, 0.3) is 38.8 Å². The molecular formula is C28H26N2. The van der Waals surface area contributed by atoms with Gasteiger partial charge < -0.3 is 4.57 Å². The van der Waals surface area contributed by atoms with Gasteiger partial charge in [-0.25, -0.2) is 0 Å². The minimum atomic E-state index is -1.46. The number of hydrogen-bond donors (Lipinski definition) is 0. The third-order valence-electron chi connectivity index (χ3n) is 5.26. The van der Waals surface area contributed by atoms with Gasteiger partial charge in [-0.15, -0.1) is 0 Å². The molecule has 0 aliphatic rings. The molecule has 0 saturated carbocycles. The lowest BCUT2D eigenvalue weighted by molar-refractivity contribution is 0.411. The molecule has 2 heteroatoms. The summed E-state index contributed by atoms with van der Waals surface area (Å²) in [5.74, 6) is 0. The number of para-hydroxylation sites is 2. The van der Waals surface area contributed by atoms with E-state index >= 15 is 0 Å². The molecule has 0 aliphatic carbocycles. The zero-order chi connectivity index (χ0) is 22.5. The first-order valence-electron chi connectivity index (χ1n) is 11.3. The second-order valence-electron chi connectivity index (χ2n) is 8.72. The molecule has 2 aromatic heterocycles. The standard InChI is InChI=1S/C28H26N2/c1-28(2,3)19-20-15-16-29-25(17-20)21-13-14-24-23-11-7-8-12-26(23)30(27(24)18-21)22-9-5-4-6-10-22/h4-18H,19H2,1-3H3/i19D2. The molecule has 0 atom stereocenters. The van der Waals surface area contributed by atoms with Gasteiger partial charge in [0.25, 0.3) is 0 Å². The molecule has 30 heavy (non-hydrogen) atoms. The Morgan fingerprint density at radius 1 is 0.800 bits per heavy atom. The molecule has 2 heterocycles. The summed E-state index contributed by atoms with van der Waals surface area (Å²) in [5.41, 5.74) is 5.28. The van der Waals surface area contributed by atoms with Crippen molar-refractivity contribution < 1.29 is 2.74 Å². The van der Waals surface area contributed by atoms with Gasteiger partial charge in [0.1, 0.15) is 0 Å². The van der Waals surface area contributed by atoms with Crippen molar-refractivity contribution >= 4 is 21.8 Å². The Balaban J connectivity index is 1.73. The van der Waals surface area contributed by atoms with Crippen molar-refractivity contribution in [1.29, 1.82) is 0 Å². The summed E-state index contributed by atoms with van der Waals surface area (Å²) in [4.78, 5) is 4.59. The highest BCUT2D eigenvalue weighted by atomic mass is 15.0. The van der Waals surface area contributed by atoms with Crippen LogP contribution >= 0.6 is 0 Å². The normalized spacial score (nSPS) is 13.4. The lowest BCUT2D eigenvalue weighted by atomic mass is 9.88. The van der Waals surface area contributed by atoms with E-state index in [0.29, 0.717) is 5.56 Å². The number of benzene rings is 3. The third-order valence-corrected chi connectivity index (χ3v) is 5.26. The van der Waals surface area contributed by atoms with Crippen molar-refractivity contribution in [2.75, 3.05) is 0 Å². The molecule has 2 nitrogen and oxygen atoms in total. The first kappa shape index (κ1) is 16.4. The fourth-order valence-electron chi connectivity index (χ4n) is 4.08. The molecule has 0 unspecified atom stereocenters. The molecule has 0 saturated heterocycles. The molecule has 5 rings (SSSR count). The number of nitrogens with zero attached hydrogens (tertiary/aromatic N) is 2. The van der Waals surface area contributed by atoms with Crippen LogP contribution in [0.15, 0.2) is 91.1 Å². The van der Waals surface area contributed by atoms with Crippen molar-refractivity contribution in [1.82, 2.24) is 9.55 Å². The minimum absolute atomic E-state index is 0.519. The highest BCUT2D eigenvalue weighted by Gasteiger charge is 2.15. The summed E-state index contributed by atoms with van der Waals surface area (Å²) in [5, 5.41) is 2.40. The Hall–Kier alpha value is -3.39. The number of hydrogen-bond acceptors (Lipinski definition) is 1. The van der Waals surface area contributed by atoms with E-state index in [-0.39, 0.29) is 0 Å². The first-order valence-corrected chi connectivity index (χ1v) is 10.3. The Morgan fingerprint density at radius 2 is 1.53 bits per heavy atom. The predicted molar refractivity (Wildman–Crippen MR) is 127 cm³/mol. The van der Waals surface area contributed by atoms with Crippen LogP contribution in [0.2, 0.25) is 0 Å². The minimum Gasteiger partial charge on any atom is -0.309 e. The van der Waals surface area contributed by atoms with Crippen molar-refractivity contribution in [2.24, 2.45) is 5.41 Å². The second kappa shape index (κ2) is 7.14. The molecule has 0 radical (unpaired) electrons. The molecule has 0 N–H and O–H groups in total. The highest BCUT2D eigenvalue weighted by molar-refractivity contribution is 6.10. The van der Waals surface area contributed by atoms with Gasteiger partial charge >= 0.3 is 0 Å². The molecule has 0 fully saturated rings. The number of rotatable bonds is 3. The zero-order valence-corrected chi connectivity index (χ0v) is 17.6. The van der Waals surface area contributed by atoms with Crippen LogP contribution in [-0.2, 0) is 6.37 Å². The van der Waals surface area contributed by atoms with E-state index in [1.807, 2.05) is 32.9 Å². The summed E-state index contributed by atoms with van der Waals surface area (Å²) in [6, 6.07) is 28.9. The lowest BCUT2D eigenvalue weighted by Crippen LogP contribution is -2.09. The summed E-state index contributed by atoms with van der Waals surface area (Å²) < 4.78 is 19.6. The van der Waals surface area contributed by atoms with E-state index in [4.69, 9.17) is 2.74 Å². The fraction of sp³-hybridized carbons (Fsp3) is 0.179. The smallest absolute Gasteiger partial charge is 0.0705 e. The van der Waals surface area contributed by atoms with Crippen molar-refractivity contribution in [3.05, 3.63) is 96.7 Å². The van der Waals surface area contributed by atoms with E-state index in [0.717, 1.165) is 28.0 Å². The van der Waals surface area contributed by atoms with Crippen LogP contribution in [0, 0.1) is 5.41 Å². The summed E-state index contributed by atoms with van der Waals surface area (Å²) in [6.45, 7) is 5.78. The Morgan fingerprint density at radius 3 is 2.33 bits per heavy atom. The lowest BCUT2D eigenvalue weighted by Gasteiger charge is -2.18. The number of aromatic nitrogens is 2. The monoisotopic (exact) mass is 392 g/mol. The van der Waals surface area contributed by atoms with E-state index < -0.39 is 11.8 Å². The summed E-state index contributed by atoms with van der Waals surface area (Å²) in [7, 11) is 0. The van der Waals surface area contributed by atoms with Crippen LogP contribution in [0.5, 0.6) is 0 Å². The molecule has 0 amide bonds. The summed E-state index contributed by atoms with van der Waals surface area (Å²) in [6.07, 6.45) is 0.249. The maximum absolute atomic E-state index is 8.66. The largest absolute Gasteiger partial charge is 0.309 e. The van der Waals surface area contributed by atoms with Crippen LogP contribution < -0.4 is 0 Å². The number of fused-ring (bicyclic) bond motifs is 3. The summed E-state index contributed by atoms with van der Waals surface area (Å²) >= 11 is 0. The van der Waals surface area contributed by atoms with Gasteiger partial charge in [0.05, 0.1) is 16.7 Å². The third kappa shape index (κ3) is 3.39. The van der Waals surface area contributed by atoms with E-state index in [1.54, 1.807) is 12.3 Å². The first-order chi connectivity index (χ1) is 15.3. The van der Waals surface area contributed by atoms with Crippen molar-refractivity contribution in [2.45, 2.75) is 27.1 Å². The van der Waals surface area contributed by atoms with Gasteiger partial charge in [0.15, 0.2) is 0 Å². The predicted octanol–water partition coefficient (Wildman–Crippen LogP) is 7.43. The molecule has 5 aromatic rings. The van der Waals surface area contributed by atoms with Gasteiger partial charge in [-0.3, -0.25) is 4.98 Å². The van der Waals surface area contributed by atoms with E-state index in [2.05, 4.69) is 76.3 Å². The van der Waals surface area contributed by atoms with Gasteiger partial charge in [0.2, 0.25) is 0 Å². The van der Waals surface area contributed by atoms with Crippen LogP contribution in [0.1, 0.15) is 29.1 Å². The molecule has 0 spiro atoms. The van der Waals surface area contributed by atoms with Gasteiger partial charge in [-0.2, -0.15) is 0 Å². The Labute approximate surface area is 180 Å². The topological polar surface area (TPSA) is 17.8 Å².